The maximum atomic E-state index is 13.3. The molecule has 0 saturated carbocycles. The lowest BCUT2D eigenvalue weighted by molar-refractivity contribution is -0.142. The van der Waals surface area contributed by atoms with E-state index in [2.05, 4.69) is 4.74 Å². The van der Waals surface area contributed by atoms with Gasteiger partial charge >= 0.3 is 5.97 Å². The highest BCUT2D eigenvalue weighted by Crippen LogP contribution is 2.21. The number of ether oxygens (including phenoxy) is 2. The van der Waals surface area contributed by atoms with E-state index in [9.17, 15) is 9.18 Å². The van der Waals surface area contributed by atoms with Crippen LogP contribution in [-0.2, 0) is 16.1 Å². The van der Waals surface area contributed by atoms with Gasteiger partial charge in [0.1, 0.15) is 0 Å². The number of hydrogen-bond donors (Lipinski definition) is 1. The zero-order valence-corrected chi connectivity index (χ0v) is 8.33. The van der Waals surface area contributed by atoms with Gasteiger partial charge in [0.15, 0.2) is 18.2 Å². The predicted molar refractivity (Wildman–Crippen MR) is 51.8 cm³/mol. The third-order valence-electron chi connectivity index (χ3n) is 1.83. The van der Waals surface area contributed by atoms with Crippen LogP contribution in [0.2, 0.25) is 0 Å². The number of esters is 1. The SMILES string of the molecule is COC(=O)COc1c(F)cccc1CN. The van der Waals surface area contributed by atoms with E-state index in [4.69, 9.17) is 10.5 Å². The molecule has 0 amide bonds. The summed E-state index contributed by atoms with van der Waals surface area (Å²) in [5.74, 6) is -1.10. The van der Waals surface area contributed by atoms with E-state index in [-0.39, 0.29) is 18.9 Å². The smallest absolute Gasteiger partial charge is 0.343 e. The Morgan fingerprint density at radius 2 is 2.27 bits per heavy atom. The van der Waals surface area contributed by atoms with Gasteiger partial charge in [0.05, 0.1) is 7.11 Å². The van der Waals surface area contributed by atoms with E-state index in [0.29, 0.717) is 5.56 Å². The van der Waals surface area contributed by atoms with E-state index < -0.39 is 11.8 Å². The fraction of sp³-hybridized carbons (Fsp3) is 0.300. The van der Waals surface area contributed by atoms with Crippen molar-refractivity contribution in [3.05, 3.63) is 29.6 Å². The van der Waals surface area contributed by atoms with Crippen molar-refractivity contribution >= 4 is 5.97 Å². The molecule has 0 unspecified atom stereocenters. The molecular formula is C10H12FNO3. The van der Waals surface area contributed by atoms with Gasteiger partial charge in [-0.05, 0) is 6.07 Å². The lowest BCUT2D eigenvalue weighted by Gasteiger charge is -2.09. The van der Waals surface area contributed by atoms with E-state index in [0.717, 1.165) is 0 Å². The van der Waals surface area contributed by atoms with Crippen LogP contribution in [-0.4, -0.2) is 19.7 Å². The molecule has 0 aromatic heterocycles. The van der Waals surface area contributed by atoms with Gasteiger partial charge < -0.3 is 15.2 Å². The predicted octanol–water partition coefficient (Wildman–Crippen LogP) is 0.836. The number of para-hydroxylation sites is 1. The van der Waals surface area contributed by atoms with Crippen LogP contribution in [0.4, 0.5) is 4.39 Å². The first kappa shape index (κ1) is 11.5. The average molecular weight is 213 g/mol. The zero-order valence-electron chi connectivity index (χ0n) is 8.33. The van der Waals surface area contributed by atoms with Crippen molar-refractivity contribution in [2.75, 3.05) is 13.7 Å². The number of methoxy groups -OCH3 is 1. The third kappa shape index (κ3) is 2.92. The molecule has 5 heteroatoms. The molecule has 0 atom stereocenters. The van der Waals surface area contributed by atoms with Gasteiger partial charge in [-0.2, -0.15) is 0 Å². The molecule has 2 N–H and O–H groups in total. The maximum Gasteiger partial charge on any atom is 0.343 e. The molecule has 1 aromatic carbocycles. The topological polar surface area (TPSA) is 61.5 Å². The highest BCUT2D eigenvalue weighted by molar-refractivity contribution is 5.70. The molecule has 0 heterocycles. The van der Waals surface area contributed by atoms with Crippen LogP contribution in [0, 0.1) is 5.82 Å². The number of hydrogen-bond acceptors (Lipinski definition) is 4. The first-order valence-corrected chi connectivity index (χ1v) is 4.36. The molecule has 0 bridgehead atoms. The molecule has 0 spiro atoms. The number of rotatable bonds is 4. The highest BCUT2D eigenvalue weighted by atomic mass is 19.1. The Hall–Kier alpha value is -1.62. The van der Waals surface area contributed by atoms with Gasteiger partial charge in [-0.25, -0.2) is 9.18 Å². The Labute approximate surface area is 86.8 Å². The van der Waals surface area contributed by atoms with Crippen molar-refractivity contribution in [2.24, 2.45) is 5.73 Å². The standard InChI is InChI=1S/C10H12FNO3/c1-14-9(13)6-15-10-7(5-12)3-2-4-8(10)11/h2-4H,5-6,12H2,1H3. The molecule has 0 radical (unpaired) electrons. The van der Waals surface area contributed by atoms with E-state index in [1.807, 2.05) is 0 Å². The summed E-state index contributed by atoms with van der Waals surface area (Å²) in [5, 5.41) is 0. The van der Waals surface area contributed by atoms with Gasteiger partial charge in [-0.15, -0.1) is 0 Å². The molecule has 0 aliphatic carbocycles. The van der Waals surface area contributed by atoms with E-state index in [1.54, 1.807) is 6.07 Å². The van der Waals surface area contributed by atoms with E-state index in [1.165, 1.54) is 19.2 Å². The second-order valence-electron chi connectivity index (χ2n) is 2.80. The normalized spacial score (nSPS) is 9.80. The van der Waals surface area contributed by atoms with Gasteiger partial charge in [-0.1, -0.05) is 12.1 Å². The summed E-state index contributed by atoms with van der Waals surface area (Å²) in [6.45, 7) is -0.182. The lowest BCUT2D eigenvalue weighted by Crippen LogP contribution is -2.14. The van der Waals surface area contributed by atoms with Gasteiger partial charge in [0.2, 0.25) is 0 Å². The minimum Gasteiger partial charge on any atom is -0.478 e. The largest absolute Gasteiger partial charge is 0.478 e. The second kappa shape index (κ2) is 5.31. The number of benzene rings is 1. The fourth-order valence-electron chi connectivity index (χ4n) is 1.07. The van der Waals surface area contributed by atoms with Gasteiger partial charge in [0.25, 0.3) is 0 Å². The van der Waals surface area contributed by atoms with Crippen molar-refractivity contribution in [3.8, 4) is 5.75 Å². The Kier molecular flexibility index (Phi) is 4.05. The molecule has 1 aromatic rings. The lowest BCUT2D eigenvalue weighted by atomic mass is 10.2. The number of halogens is 1. The van der Waals surface area contributed by atoms with Crippen LogP contribution < -0.4 is 10.5 Å². The Balaban J connectivity index is 2.78. The first-order valence-electron chi connectivity index (χ1n) is 4.36. The monoisotopic (exact) mass is 213 g/mol. The quantitative estimate of drug-likeness (QED) is 0.753. The summed E-state index contributed by atoms with van der Waals surface area (Å²) >= 11 is 0. The second-order valence-corrected chi connectivity index (χ2v) is 2.80. The molecule has 0 aliphatic rings. The van der Waals surface area contributed by atoms with Crippen molar-refractivity contribution in [1.29, 1.82) is 0 Å². The van der Waals surface area contributed by atoms with Gasteiger partial charge in [-0.3, -0.25) is 0 Å². The zero-order chi connectivity index (χ0) is 11.3. The molecular weight excluding hydrogens is 201 g/mol. The third-order valence-corrected chi connectivity index (χ3v) is 1.83. The Morgan fingerprint density at radius 1 is 1.53 bits per heavy atom. The summed E-state index contributed by atoms with van der Waals surface area (Å²) < 4.78 is 22.6. The van der Waals surface area contributed by atoms with Crippen molar-refractivity contribution in [1.82, 2.24) is 0 Å². The van der Waals surface area contributed by atoms with Crippen LogP contribution in [0.15, 0.2) is 18.2 Å². The molecule has 1 rings (SSSR count). The highest BCUT2D eigenvalue weighted by Gasteiger charge is 2.10. The van der Waals surface area contributed by atoms with Crippen molar-refractivity contribution in [3.63, 3.8) is 0 Å². The average Bonchev–Trinajstić information content (AvgIpc) is 2.26. The summed E-state index contributed by atoms with van der Waals surface area (Å²) in [4.78, 5) is 10.8. The van der Waals surface area contributed by atoms with Crippen LogP contribution in [0.1, 0.15) is 5.56 Å². The number of carbonyl (C=O) groups is 1. The van der Waals surface area contributed by atoms with E-state index >= 15 is 0 Å². The first-order chi connectivity index (χ1) is 7.19. The maximum absolute atomic E-state index is 13.3. The molecule has 0 fully saturated rings. The van der Waals surface area contributed by atoms with Crippen LogP contribution in [0.5, 0.6) is 5.75 Å². The molecule has 15 heavy (non-hydrogen) atoms. The number of nitrogens with two attached hydrogens (primary N) is 1. The minimum atomic E-state index is -0.568. The molecule has 0 aliphatic heterocycles. The summed E-state index contributed by atoms with van der Waals surface area (Å²) in [7, 11) is 1.23. The molecule has 82 valence electrons. The van der Waals surface area contributed by atoms with Crippen LogP contribution >= 0.6 is 0 Å². The fourth-order valence-corrected chi connectivity index (χ4v) is 1.07. The minimum absolute atomic E-state index is 0.00500. The molecule has 0 saturated heterocycles. The summed E-state index contributed by atoms with van der Waals surface area (Å²) in [5.41, 5.74) is 5.91. The van der Waals surface area contributed by atoms with Gasteiger partial charge in [0, 0.05) is 12.1 Å². The van der Waals surface area contributed by atoms with Crippen LogP contribution in [0.3, 0.4) is 0 Å². The van der Waals surface area contributed by atoms with Crippen molar-refractivity contribution in [2.45, 2.75) is 6.54 Å². The number of carbonyl (C=O) groups excluding carboxylic acids is 1. The summed E-state index contributed by atoms with van der Waals surface area (Å²) in [6, 6.07) is 4.41. The van der Waals surface area contributed by atoms with Crippen LogP contribution in [0.25, 0.3) is 0 Å². The summed E-state index contributed by atoms with van der Waals surface area (Å²) in [6.07, 6.45) is 0. The van der Waals surface area contributed by atoms with Crippen molar-refractivity contribution < 1.29 is 18.7 Å². The Bertz CT molecular complexity index is 355. The Morgan fingerprint density at radius 3 is 2.87 bits per heavy atom. The molecule has 4 nitrogen and oxygen atoms in total.